The first-order valence-corrected chi connectivity index (χ1v) is 9.00. The number of hydrogen-bond acceptors (Lipinski definition) is 4. The van der Waals surface area contributed by atoms with Gasteiger partial charge in [-0.2, -0.15) is 0 Å². The van der Waals surface area contributed by atoms with Crippen LogP contribution < -0.4 is 10.3 Å². The summed E-state index contributed by atoms with van der Waals surface area (Å²) < 4.78 is 17.1. The topological polar surface area (TPSA) is 65.8 Å². The van der Waals surface area contributed by atoms with Crippen LogP contribution in [0.2, 0.25) is 5.02 Å². The molecule has 1 saturated carbocycles. The van der Waals surface area contributed by atoms with E-state index in [0.29, 0.717) is 18.8 Å². The number of likely N-dealkylation sites (N-methyl/N-ethyl adjacent to an activating group) is 1. The first-order valence-electron chi connectivity index (χ1n) is 8.62. The summed E-state index contributed by atoms with van der Waals surface area (Å²) in [7, 11) is 2.01. The van der Waals surface area contributed by atoms with E-state index in [1.54, 1.807) is 4.57 Å². The van der Waals surface area contributed by atoms with Crippen LogP contribution in [0.25, 0.3) is 10.9 Å². The lowest BCUT2D eigenvalue weighted by molar-refractivity contribution is 0.0695. The Hall–Kier alpha value is -2.12. The molecular weight excluding hydrogens is 361 g/mol. The predicted molar refractivity (Wildman–Crippen MR) is 98.1 cm³/mol. The van der Waals surface area contributed by atoms with Crippen molar-refractivity contribution in [3.8, 4) is 0 Å². The zero-order valence-electron chi connectivity index (χ0n) is 14.3. The Morgan fingerprint density at radius 2 is 1.92 bits per heavy atom. The van der Waals surface area contributed by atoms with Crippen LogP contribution in [0.15, 0.2) is 17.1 Å². The zero-order valence-corrected chi connectivity index (χ0v) is 15.1. The Bertz CT molecular complexity index is 963. The maximum absolute atomic E-state index is 15.5. The number of rotatable bonds is 3. The van der Waals surface area contributed by atoms with Crippen LogP contribution >= 0.6 is 11.6 Å². The Morgan fingerprint density at radius 3 is 2.50 bits per heavy atom. The highest BCUT2D eigenvalue weighted by atomic mass is 35.5. The first-order chi connectivity index (χ1) is 12.4. The largest absolute Gasteiger partial charge is 0.477 e. The minimum absolute atomic E-state index is 0.0206. The number of benzene rings is 1. The third kappa shape index (κ3) is 2.75. The maximum atomic E-state index is 15.5. The third-order valence-corrected chi connectivity index (χ3v) is 5.46. The quantitative estimate of drug-likeness (QED) is 0.888. The summed E-state index contributed by atoms with van der Waals surface area (Å²) in [5, 5.41) is 9.49. The molecule has 138 valence electrons. The average Bonchev–Trinajstić information content (AvgIpc) is 3.42. The van der Waals surface area contributed by atoms with Gasteiger partial charge in [0.2, 0.25) is 5.43 Å². The number of carbonyl (C=O) groups is 1. The molecule has 0 atom stereocenters. The summed E-state index contributed by atoms with van der Waals surface area (Å²) in [6, 6.07) is 1.44. The van der Waals surface area contributed by atoms with Crippen molar-refractivity contribution in [3.05, 3.63) is 38.9 Å². The van der Waals surface area contributed by atoms with Gasteiger partial charge in [0.15, 0.2) is 5.82 Å². The van der Waals surface area contributed by atoms with Crippen molar-refractivity contribution < 1.29 is 14.3 Å². The molecule has 6 nitrogen and oxygen atoms in total. The summed E-state index contributed by atoms with van der Waals surface area (Å²) in [6.45, 7) is 2.86. The van der Waals surface area contributed by atoms with E-state index < -0.39 is 17.2 Å². The van der Waals surface area contributed by atoms with E-state index in [4.69, 9.17) is 11.6 Å². The van der Waals surface area contributed by atoms with Crippen molar-refractivity contribution in [2.75, 3.05) is 38.1 Å². The van der Waals surface area contributed by atoms with Gasteiger partial charge in [-0.3, -0.25) is 4.79 Å². The van der Waals surface area contributed by atoms with Crippen LogP contribution in [0.3, 0.4) is 0 Å². The number of pyridine rings is 1. The zero-order chi connectivity index (χ0) is 18.6. The third-order valence-electron chi connectivity index (χ3n) is 5.17. The number of nitrogens with zero attached hydrogens (tertiary/aromatic N) is 3. The van der Waals surface area contributed by atoms with Crippen LogP contribution in [-0.2, 0) is 0 Å². The molecule has 2 aromatic rings. The molecule has 4 rings (SSSR count). The summed E-state index contributed by atoms with van der Waals surface area (Å²) in [4.78, 5) is 28.0. The van der Waals surface area contributed by atoms with Crippen molar-refractivity contribution >= 4 is 34.2 Å². The fraction of sp³-hybridized carbons (Fsp3) is 0.444. The van der Waals surface area contributed by atoms with Gasteiger partial charge < -0.3 is 19.5 Å². The lowest BCUT2D eigenvalue weighted by Crippen LogP contribution is -2.45. The van der Waals surface area contributed by atoms with Crippen LogP contribution in [0, 0.1) is 5.82 Å². The van der Waals surface area contributed by atoms with Gasteiger partial charge in [-0.1, -0.05) is 11.6 Å². The SMILES string of the molecule is CN1CCN(c2c(Cl)cc3c(=O)c(C(=O)O)cn(C4CC4)c3c2F)CC1. The lowest BCUT2D eigenvalue weighted by atomic mass is 10.1. The molecule has 0 bridgehead atoms. The van der Waals surface area contributed by atoms with E-state index in [-0.39, 0.29) is 27.5 Å². The predicted octanol–water partition coefficient (Wildman–Crippen LogP) is 2.58. The van der Waals surface area contributed by atoms with Crippen LogP contribution in [0.1, 0.15) is 29.2 Å². The van der Waals surface area contributed by atoms with Crippen LogP contribution in [0.5, 0.6) is 0 Å². The van der Waals surface area contributed by atoms with Crippen molar-refractivity contribution in [3.63, 3.8) is 0 Å². The second-order valence-electron chi connectivity index (χ2n) is 7.02. The second-order valence-corrected chi connectivity index (χ2v) is 7.43. The number of fused-ring (bicyclic) bond motifs is 1. The van der Waals surface area contributed by atoms with Gasteiger partial charge in [0.25, 0.3) is 0 Å². The highest BCUT2D eigenvalue weighted by Crippen LogP contribution is 2.41. The molecule has 2 aliphatic rings. The van der Waals surface area contributed by atoms with Crippen molar-refractivity contribution in [2.24, 2.45) is 0 Å². The molecule has 1 aliphatic carbocycles. The average molecular weight is 380 g/mol. The fourth-order valence-electron chi connectivity index (χ4n) is 3.54. The smallest absolute Gasteiger partial charge is 0.341 e. The second kappa shape index (κ2) is 6.25. The minimum atomic E-state index is -1.31. The van der Waals surface area contributed by atoms with Gasteiger partial charge >= 0.3 is 5.97 Å². The highest BCUT2D eigenvalue weighted by Gasteiger charge is 2.31. The number of carboxylic acid groups (broad SMARTS) is 1. The number of piperazine rings is 1. The van der Waals surface area contributed by atoms with E-state index >= 15 is 4.39 Å². The van der Waals surface area contributed by atoms with E-state index in [2.05, 4.69) is 4.90 Å². The first kappa shape index (κ1) is 17.3. The van der Waals surface area contributed by atoms with Crippen LogP contribution in [-0.4, -0.2) is 53.8 Å². The Balaban J connectivity index is 1.97. The van der Waals surface area contributed by atoms with E-state index in [1.165, 1.54) is 12.3 Å². The summed E-state index contributed by atoms with van der Waals surface area (Å²) in [5.41, 5.74) is -0.604. The number of hydrogen-bond donors (Lipinski definition) is 1. The Morgan fingerprint density at radius 1 is 1.27 bits per heavy atom. The number of anilines is 1. The molecule has 0 spiro atoms. The molecule has 1 aliphatic heterocycles. The van der Waals surface area contributed by atoms with Gasteiger partial charge in [0.1, 0.15) is 5.56 Å². The number of carboxylic acids is 1. The Kier molecular flexibility index (Phi) is 4.16. The molecule has 2 heterocycles. The highest BCUT2D eigenvalue weighted by molar-refractivity contribution is 6.34. The van der Waals surface area contributed by atoms with Crippen molar-refractivity contribution in [1.82, 2.24) is 9.47 Å². The molecule has 0 unspecified atom stereocenters. The Labute approximate surface area is 154 Å². The number of halogens is 2. The maximum Gasteiger partial charge on any atom is 0.341 e. The molecule has 26 heavy (non-hydrogen) atoms. The fourth-order valence-corrected chi connectivity index (χ4v) is 3.86. The molecule has 0 radical (unpaired) electrons. The van der Waals surface area contributed by atoms with Crippen LogP contribution in [0.4, 0.5) is 10.1 Å². The molecule has 1 saturated heterocycles. The number of aromatic nitrogens is 1. The molecule has 1 aromatic heterocycles. The van der Waals surface area contributed by atoms with Gasteiger partial charge in [0, 0.05) is 38.4 Å². The normalized spacial score (nSPS) is 18.5. The standard InChI is InChI=1S/C18H19ClFN3O3/c1-21-4-6-22(7-5-21)16-13(19)8-11-15(14(16)20)23(10-2-3-10)9-12(17(11)24)18(25)26/h8-10H,2-7H2,1H3,(H,25,26). The molecule has 8 heteroatoms. The van der Waals surface area contributed by atoms with E-state index in [1.807, 2.05) is 11.9 Å². The van der Waals surface area contributed by atoms with Gasteiger partial charge in [-0.15, -0.1) is 0 Å². The minimum Gasteiger partial charge on any atom is -0.477 e. The monoisotopic (exact) mass is 379 g/mol. The molecular formula is C18H19ClFN3O3. The molecule has 1 aromatic carbocycles. The summed E-state index contributed by atoms with van der Waals surface area (Å²) >= 11 is 6.34. The van der Waals surface area contributed by atoms with E-state index in [0.717, 1.165) is 25.9 Å². The molecule has 2 fully saturated rings. The molecule has 0 amide bonds. The van der Waals surface area contributed by atoms with Crippen molar-refractivity contribution in [1.29, 1.82) is 0 Å². The van der Waals surface area contributed by atoms with Gasteiger partial charge in [0.05, 0.1) is 21.6 Å². The van der Waals surface area contributed by atoms with Gasteiger partial charge in [-0.05, 0) is 26.0 Å². The lowest BCUT2D eigenvalue weighted by Gasteiger charge is -2.35. The van der Waals surface area contributed by atoms with Gasteiger partial charge in [-0.25, -0.2) is 9.18 Å². The van der Waals surface area contributed by atoms with Crippen molar-refractivity contribution in [2.45, 2.75) is 18.9 Å². The number of aromatic carboxylic acids is 1. The summed E-state index contributed by atoms with van der Waals surface area (Å²) in [6.07, 6.45) is 2.95. The summed E-state index contributed by atoms with van der Waals surface area (Å²) in [5.74, 6) is -1.86. The molecule has 1 N–H and O–H groups in total. The van der Waals surface area contributed by atoms with E-state index in [9.17, 15) is 14.7 Å².